The van der Waals surface area contributed by atoms with Crippen molar-refractivity contribution in [1.82, 2.24) is 10.6 Å². The lowest BCUT2D eigenvalue weighted by Gasteiger charge is -1.99. The minimum atomic E-state index is -0.237. The molecule has 0 rings (SSSR count). The number of nitrogens with one attached hydrogen (secondary N) is 2. The van der Waals surface area contributed by atoms with Crippen LogP contribution in [0.3, 0.4) is 0 Å². The molecule has 12 heavy (non-hydrogen) atoms. The summed E-state index contributed by atoms with van der Waals surface area (Å²) in [6.07, 6.45) is 2.54. The van der Waals surface area contributed by atoms with Crippen LogP contribution >= 0.6 is 0 Å². The molecule has 0 aromatic rings. The molecule has 0 saturated carbocycles. The third-order valence-corrected chi connectivity index (χ3v) is 1.21. The number of carbonyl (C=O) groups is 1. The van der Waals surface area contributed by atoms with Crippen LogP contribution in [0.25, 0.3) is 0 Å². The fraction of sp³-hybridized carbons (Fsp3) is 0.571. The van der Waals surface area contributed by atoms with Gasteiger partial charge in [-0.05, 0) is 14.0 Å². The maximum absolute atomic E-state index is 10.6. The first-order valence-corrected chi connectivity index (χ1v) is 3.64. The quantitative estimate of drug-likeness (QED) is 0.437. The van der Waals surface area contributed by atoms with Crippen LogP contribution in [0.1, 0.15) is 6.92 Å². The van der Waals surface area contributed by atoms with Crippen LogP contribution in [0.4, 0.5) is 0 Å². The summed E-state index contributed by atoms with van der Waals surface area (Å²) in [6, 6.07) is 0. The van der Waals surface area contributed by atoms with Crippen LogP contribution in [0, 0.1) is 0 Å². The van der Waals surface area contributed by atoms with Gasteiger partial charge >= 0.3 is 0 Å². The molecule has 0 heterocycles. The second-order valence-electron chi connectivity index (χ2n) is 2.12. The molecule has 5 heteroatoms. The molecule has 0 aromatic heterocycles. The van der Waals surface area contributed by atoms with E-state index in [-0.39, 0.29) is 12.1 Å². The summed E-state index contributed by atoms with van der Waals surface area (Å²) < 4.78 is 0. The maximum atomic E-state index is 10.6. The van der Waals surface area contributed by atoms with Gasteiger partial charge in [-0.2, -0.15) is 0 Å². The summed E-state index contributed by atoms with van der Waals surface area (Å²) in [6.45, 7) is 1.88. The summed E-state index contributed by atoms with van der Waals surface area (Å²) in [4.78, 5) is 18.2. The van der Waals surface area contributed by atoms with Gasteiger partial charge in [0, 0.05) is 7.05 Å². The molecule has 0 aliphatic rings. The van der Waals surface area contributed by atoms with Crippen molar-refractivity contribution in [3.05, 3.63) is 0 Å². The summed E-state index contributed by atoms with van der Waals surface area (Å²) >= 11 is 0. The Morgan fingerprint density at radius 2 is 2.17 bits per heavy atom. The smallest absolute Gasteiger partial charge is 0.262 e. The van der Waals surface area contributed by atoms with E-state index < -0.39 is 0 Å². The van der Waals surface area contributed by atoms with Crippen LogP contribution in [-0.4, -0.2) is 38.7 Å². The van der Waals surface area contributed by atoms with E-state index in [0.717, 1.165) is 0 Å². The Morgan fingerprint density at radius 3 is 2.67 bits per heavy atom. The Hall–Kier alpha value is -1.23. The number of aliphatic imine (C=N–C) groups is 2. The lowest BCUT2D eigenvalue weighted by Crippen LogP contribution is -2.19. The van der Waals surface area contributed by atoms with E-state index in [0.29, 0.717) is 0 Å². The first-order chi connectivity index (χ1) is 5.70. The van der Waals surface area contributed by atoms with Crippen molar-refractivity contribution in [1.29, 1.82) is 0 Å². The summed E-state index contributed by atoms with van der Waals surface area (Å²) in [5.74, 6) is -0.237. The Kier molecular flexibility index (Phi) is 5.81. The predicted molar refractivity (Wildman–Crippen MR) is 49.6 cm³/mol. The molecule has 0 saturated heterocycles. The average molecular weight is 170 g/mol. The Morgan fingerprint density at radius 1 is 1.50 bits per heavy atom. The van der Waals surface area contributed by atoms with Gasteiger partial charge in [0.25, 0.3) is 5.91 Å². The van der Waals surface area contributed by atoms with E-state index in [4.69, 9.17) is 0 Å². The van der Waals surface area contributed by atoms with E-state index in [1.54, 1.807) is 14.1 Å². The highest BCUT2D eigenvalue weighted by molar-refractivity contribution is 6.27. The van der Waals surface area contributed by atoms with Gasteiger partial charge in [0.15, 0.2) is 0 Å². The molecule has 0 spiro atoms. The predicted octanol–water partition coefficient (Wildman–Crippen LogP) is -0.603. The van der Waals surface area contributed by atoms with Gasteiger partial charge in [0.2, 0.25) is 0 Å². The zero-order valence-electron chi connectivity index (χ0n) is 7.53. The van der Waals surface area contributed by atoms with Gasteiger partial charge in [-0.1, -0.05) is 0 Å². The third kappa shape index (κ3) is 5.55. The van der Waals surface area contributed by atoms with Crippen molar-refractivity contribution in [2.45, 2.75) is 13.1 Å². The van der Waals surface area contributed by atoms with Crippen molar-refractivity contribution in [2.24, 2.45) is 9.98 Å². The Bertz CT molecular complexity index is 188. The molecule has 1 amide bonds. The molecule has 0 aromatic carbocycles. The van der Waals surface area contributed by atoms with Crippen molar-refractivity contribution in [2.75, 3.05) is 14.1 Å². The molecule has 1 atom stereocenters. The molecule has 0 bridgehead atoms. The van der Waals surface area contributed by atoms with Crippen LogP contribution in [0.2, 0.25) is 0 Å². The summed E-state index contributed by atoms with van der Waals surface area (Å²) in [5, 5.41) is 5.30. The second kappa shape index (κ2) is 6.48. The summed E-state index contributed by atoms with van der Waals surface area (Å²) in [7, 11) is 3.34. The fourth-order valence-corrected chi connectivity index (χ4v) is 0.379. The third-order valence-electron chi connectivity index (χ3n) is 1.21. The number of hydrogen-bond donors (Lipinski definition) is 2. The highest BCUT2D eigenvalue weighted by atomic mass is 16.1. The standard InChI is InChI=1S/C7H14N4O/c1-6(8-2)11-5-10-4-7(12)9-3/h4-6,8H,1-3H3,(H,9,12)/b10-4+,11-5-. The summed E-state index contributed by atoms with van der Waals surface area (Å²) in [5.41, 5.74) is 0. The normalized spacial score (nSPS) is 13.9. The van der Waals surface area contributed by atoms with E-state index in [1.165, 1.54) is 12.6 Å². The van der Waals surface area contributed by atoms with Gasteiger partial charge in [0.05, 0.1) is 12.4 Å². The monoisotopic (exact) mass is 170 g/mol. The number of hydrogen-bond acceptors (Lipinski definition) is 3. The molecule has 5 nitrogen and oxygen atoms in total. The van der Waals surface area contributed by atoms with Crippen LogP contribution in [-0.2, 0) is 4.79 Å². The zero-order valence-corrected chi connectivity index (χ0v) is 7.53. The second-order valence-corrected chi connectivity index (χ2v) is 2.12. The molecule has 2 N–H and O–H groups in total. The topological polar surface area (TPSA) is 65.8 Å². The lowest BCUT2D eigenvalue weighted by molar-refractivity contribution is -0.113. The highest BCUT2D eigenvalue weighted by Crippen LogP contribution is 1.77. The molecule has 0 aliphatic heterocycles. The van der Waals surface area contributed by atoms with E-state index in [9.17, 15) is 4.79 Å². The Balaban J connectivity index is 3.73. The minimum Gasteiger partial charge on any atom is -0.354 e. The van der Waals surface area contributed by atoms with Crippen molar-refractivity contribution < 1.29 is 4.79 Å². The van der Waals surface area contributed by atoms with Gasteiger partial charge in [-0.15, -0.1) is 0 Å². The molecule has 0 fully saturated rings. The van der Waals surface area contributed by atoms with Gasteiger partial charge in [0.1, 0.15) is 6.34 Å². The molecular formula is C7H14N4O. The van der Waals surface area contributed by atoms with E-state index >= 15 is 0 Å². The largest absolute Gasteiger partial charge is 0.354 e. The zero-order chi connectivity index (χ0) is 9.40. The van der Waals surface area contributed by atoms with Gasteiger partial charge in [-0.25, -0.2) is 4.99 Å². The SMILES string of the molecule is CNC(=O)/C=N/C=N\C(C)NC. The van der Waals surface area contributed by atoms with Crippen LogP contribution in [0.5, 0.6) is 0 Å². The molecule has 0 aliphatic carbocycles. The van der Waals surface area contributed by atoms with Crippen molar-refractivity contribution >= 4 is 18.5 Å². The van der Waals surface area contributed by atoms with Crippen molar-refractivity contribution in [3.63, 3.8) is 0 Å². The molecule has 68 valence electrons. The van der Waals surface area contributed by atoms with Gasteiger partial charge in [-0.3, -0.25) is 15.1 Å². The van der Waals surface area contributed by atoms with Crippen LogP contribution in [0.15, 0.2) is 9.98 Å². The first kappa shape index (κ1) is 10.8. The molecule has 0 radical (unpaired) electrons. The van der Waals surface area contributed by atoms with Gasteiger partial charge < -0.3 is 5.32 Å². The number of nitrogens with zero attached hydrogens (tertiary/aromatic N) is 2. The molecular weight excluding hydrogens is 156 g/mol. The van der Waals surface area contributed by atoms with Crippen molar-refractivity contribution in [3.8, 4) is 0 Å². The minimum absolute atomic E-state index is 0.0202. The number of amides is 1. The Labute approximate surface area is 72.0 Å². The molecule has 1 unspecified atom stereocenters. The number of rotatable bonds is 4. The highest BCUT2D eigenvalue weighted by Gasteiger charge is 1.88. The average Bonchev–Trinajstić information content (AvgIpc) is 2.11. The van der Waals surface area contributed by atoms with E-state index in [2.05, 4.69) is 20.6 Å². The lowest BCUT2D eigenvalue weighted by atomic mass is 10.6. The van der Waals surface area contributed by atoms with Crippen LogP contribution < -0.4 is 10.6 Å². The van der Waals surface area contributed by atoms with E-state index in [1.807, 2.05) is 6.92 Å². The maximum Gasteiger partial charge on any atom is 0.262 e. The fourth-order valence-electron chi connectivity index (χ4n) is 0.379. The number of carbonyl (C=O) groups excluding carboxylic acids is 1. The first-order valence-electron chi connectivity index (χ1n) is 3.64.